The van der Waals surface area contributed by atoms with Gasteiger partial charge in [0.15, 0.2) is 0 Å². The highest BCUT2D eigenvalue weighted by atomic mass is 79.9. The number of rotatable bonds is 2. The SMILES string of the molecule is O=S(=O)(c1ccc(Br)cc1)N1C(O)c2ccccc2C1O. The van der Waals surface area contributed by atoms with Crippen LogP contribution in [-0.2, 0) is 10.0 Å². The first kappa shape index (κ1) is 14.7. The van der Waals surface area contributed by atoms with E-state index < -0.39 is 22.5 Å². The quantitative estimate of drug-likeness (QED) is 0.849. The molecule has 21 heavy (non-hydrogen) atoms. The summed E-state index contributed by atoms with van der Waals surface area (Å²) in [5, 5.41) is 20.5. The maximum Gasteiger partial charge on any atom is 0.248 e. The first-order valence-corrected chi connectivity index (χ1v) is 8.40. The maximum absolute atomic E-state index is 12.6. The van der Waals surface area contributed by atoms with Gasteiger partial charge in [-0.15, -0.1) is 4.31 Å². The number of aliphatic hydroxyl groups excluding tert-OH is 2. The second-order valence-corrected chi connectivity index (χ2v) is 7.42. The fourth-order valence-electron chi connectivity index (χ4n) is 2.38. The van der Waals surface area contributed by atoms with Crippen molar-refractivity contribution < 1.29 is 18.6 Å². The van der Waals surface area contributed by atoms with Gasteiger partial charge in [0.25, 0.3) is 0 Å². The average molecular weight is 370 g/mol. The van der Waals surface area contributed by atoms with Crippen LogP contribution in [-0.4, -0.2) is 22.9 Å². The normalized spacial score (nSPS) is 22.2. The molecule has 0 saturated heterocycles. The zero-order valence-corrected chi connectivity index (χ0v) is 13.1. The van der Waals surface area contributed by atoms with Crippen LogP contribution in [0.25, 0.3) is 0 Å². The lowest BCUT2D eigenvalue weighted by molar-refractivity contribution is -0.0226. The van der Waals surface area contributed by atoms with Gasteiger partial charge < -0.3 is 10.2 Å². The van der Waals surface area contributed by atoms with Crippen LogP contribution >= 0.6 is 15.9 Å². The Morgan fingerprint density at radius 1 is 0.905 bits per heavy atom. The van der Waals surface area contributed by atoms with Gasteiger partial charge in [-0.25, -0.2) is 8.42 Å². The Hall–Kier alpha value is -1.25. The number of fused-ring (bicyclic) bond motifs is 1. The molecule has 1 aliphatic rings. The minimum absolute atomic E-state index is 0.0107. The Morgan fingerprint density at radius 2 is 1.38 bits per heavy atom. The maximum atomic E-state index is 12.6. The summed E-state index contributed by atoms with van der Waals surface area (Å²) in [7, 11) is -4.01. The molecule has 2 aromatic rings. The summed E-state index contributed by atoms with van der Waals surface area (Å²) >= 11 is 3.24. The van der Waals surface area contributed by atoms with E-state index in [-0.39, 0.29) is 4.90 Å². The van der Waals surface area contributed by atoms with Crippen molar-refractivity contribution in [1.82, 2.24) is 4.31 Å². The fraction of sp³-hybridized carbons (Fsp3) is 0.143. The Morgan fingerprint density at radius 3 is 1.86 bits per heavy atom. The van der Waals surface area contributed by atoms with E-state index >= 15 is 0 Å². The molecule has 0 aromatic heterocycles. The van der Waals surface area contributed by atoms with Gasteiger partial charge in [-0.05, 0) is 24.3 Å². The van der Waals surface area contributed by atoms with Gasteiger partial charge in [-0.2, -0.15) is 0 Å². The highest BCUT2D eigenvalue weighted by Crippen LogP contribution is 2.42. The molecule has 0 radical (unpaired) electrons. The van der Waals surface area contributed by atoms with Gasteiger partial charge in [-0.1, -0.05) is 40.2 Å². The van der Waals surface area contributed by atoms with Crippen molar-refractivity contribution in [2.45, 2.75) is 17.4 Å². The van der Waals surface area contributed by atoms with E-state index in [1.54, 1.807) is 36.4 Å². The van der Waals surface area contributed by atoms with Gasteiger partial charge in [0.1, 0.15) is 12.5 Å². The van der Waals surface area contributed by atoms with Crippen LogP contribution in [0, 0.1) is 0 Å². The van der Waals surface area contributed by atoms with E-state index in [0.29, 0.717) is 15.4 Å². The van der Waals surface area contributed by atoms with Gasteiger partial charge in [0.2, 0.25) is 10.0 Å². The van der Waals surface area contributed by atoms with E-state index in [9.17, 15) is 18.6 Å². The molecule has 2 aromatic carbocycles. The molecule has 0 amide bonds. The molecule has 0 fully saturated rings. The third-order valence-corrected chi connectivity index (χ3v) is 5.77. The summed E-state index contributed by atoms with van der Waals surface area (Å²) in [6.07, 6.45) is -2.80. The molecule has 1 aliphatic heterocycles. The average Bonchev–Trinajstić information content (AvgIpc) is 2.72. The third-order valence-electron chi connectivity index (χ3n) is 3.42. The molecule has 0 bridgehead atoms. The predicted molar refractivity (Wildman–Crippen MR) is 79.5 cm³/mol. The molecular weight excluding hydrogens is 358 g/mol. The first-order chi connectivity index (χ1) is 9.93. The molecule has 0 spiro atoms. The summed E-state index contributed by atoms with van der Waals surface area (Å²) < 4.78 is 26.7. The van der Waals surface area contributed by atoms with Crippen LogP contribution in [0.15, 0.2) is 57.9 Å². The molecular formula is C14H12BrNO4S. The lowest BCUT2D eigenvalue weighted by atomic mass is 10.1. The van der Waals surface area contributed by atoms with E-state index in [1.807, 2.05) is 0 Å². The lowest BCUT2D eigenvalue weighted by Gasteiger charge is -2.23. The van der Waals surface area contributed by atoms with E-state index in [2.05, 4.69) is 15.9 Å². The standard InChI is InChI=1S/C14H12BrNO4S/c15-9-5-7-10(8-6-9)21(19,20)16-13(17)11-3-1-2-4-12(11)14(16)18/h1-8,13-14,17-18H. The fourth-order valence-corrected chi connectivity index (χ4v) is 4.12. The van der Waals surface area contributed by atoms with Crippen LogP contribution in [0.1, 0.15) is 23.6 Å². The second-order valence-electron chi connectivity index (χ2n) is 4.67. The number of hydrogen-bond acceptors (Lipinski definition) is 4. The number of sulfonamides is 1. The predicted octanol–water partition coefficient (Wildman–Crippen LogP) is 2.14. The Labute approximate surface area is 130 Å². The van der Waals surface area contributed by atoms with Crippen molar-refractivity contribution in [2.75, 3.05) is 0 Å². The number of nitrogens with zero attached hydrogens (tertiary/aromatic N) is 1. The summed E-state index contributed by atoms with van der Waals surface area (Å²) in [5.74, 6) is 0. The van der Waals surface area contributed by atoms with Crippen molar-refractivity contribution >= 4 is 26.0 Å². The minimum Gasteiger partial charge on any atom is -0.373 e. The summed E-state index contributed by atoms with van der Waals surface area (Å²) in [5.41, 5.74) is 0.788. The van der Waals surface area contributed by atoms with Crippen molar-refractivity contribution in [3.63, 3.8) is 0 Å². The topological polar surface area (TPSA) is 77.8 Å². The second kappa shape index (κ2) is 5.19. The summed E-state index contributed by atoms with van der Waals surface area (Å²) in [6, 6.07) is 12.6. The van der Waals surface area contributed by atoms with Gasteiger partial charge >= 0.3 is 0 Å². The largest absolute Gasteiger partial charge is 0.373 e. The van der Waals surface area contributed by atoms with Gasteiger partial charge in [0.05, 0.1) is 4.90 Å². The Bertz CT molecular complexity index is 747. The van der Waals surface area contributed by atoms with Crippen LogP contribution in [0.3, 0.4) is 0 Å². The molecule has 110 valence electrons. The lowest BCUT2D eigenvalue weighted by Crippen LogP contribution is -2.33. The van der Waals surface area contributed by atoms with Crippen molar-refractivity contribution in [1.29, 1.82) is 0 Å². The number of aliphatic hydroxyl groups is 2. The Kier molecular flexibility index (Phi) is 3.62. The van der Waals surface area contributed by atoms with Crippen molar-refractivity contribution in [3.05, 3.63) is 64.1 Å². The number of benzene rings is 2. The Balaban J connectivity index is 2.07. The van der Waals surface area contributed by atoms with E-state index in [1.165, 1.54) is 12.1 Å². The van der Waals surface area contributed by atoms with Gasteiger partial charge in [0, 0.05) is 15.6 Å². The van der Waals surface area contributed by atoms with E-state index in [4.69, 9.17) is 0 Å². The van der Waals surface area contributed by atoms with Crippen molar-refractivity contribution in [2.24, 2.45) is 0 Å². The molecule has 0 aliphatic carbocycles. The number of hydrogen-bond donors (Lipinski definition) is 2. The smallest absolute Gasteiger partial charge is 0.248 e. The van der Waals surface area contributed by atoms with Crippen LogP contribution in [0.2, 0.25) is 0 Å². The molecule has 1 heterocycles. The molecule has 2 N–H and O–H groups in total. The molecule has 2 atom stereocenters. The molecule has 0 saturated carbocycles. The summed E-state index contributed by atoms with van der Waals surface area (Å²) in [4.78, 5) is 0.0107. The summed E-state index contributed by atoms with van der Waals surface area (Å²) in [6.45, 7) is 0. The van der Waals surface area contributed by atoms with Crippen LogP contribution in [0.4, 0.5) is 0 Å². The number of halogens is 1. The molecule has 7 heteroatoms. The molecule has 5 nitrogen and oxygen atoms in total. The third kappa shape index (κ3) is 2.31. The van der Waals surface area contributed by atoms with Crippen molar-refractivity contribution in [3.8, 4) is 0 Å². The minimum atomic E-state index is -4.01. The highest BCUT2D eigenvalue weighted by molar-refractivity contribution is 9.10. The molecule has 2 unspecified atom stereocenters. The van der Waals surface area contributed by atoms with Crippen LogP contribution in [0.5, 0.6) is 0 Å². The monoisotopic (exact) mass is 369 g/mol. The van der Waals surface area contributed by atoms with Gasteiger partial charge in [-0.3, -0.25) is 0 Å². The highest BCUT2D eigenvalue weighted by Gasteiger charge is 2.44. The molecule has 3 rings (SSSR count). The zero-order chi connectivity index (χ0) is 15.2. The van der Waals surface area contributed by atoms with E-state index in [0.717, 1.165) is 4.47 Å². The van der Waals surface area contributed by atoms with Crippen LogP contribution < -0.4 is 0 Å². The first-order valence-electron chi connectivity index (χ1n) is 6.17. The zero-order valence-electron chi connectivity index (χ0n) is 10.7.